The van der Waals surface area contributed by atoms with Gasteiger partial charge in [-0.1, -0.05) is 32.0 Å². The quantitative estimate of drug-likeness (QED) is 0.862. The molecule has 114 valence electrons. The fourth-order valence-corrected chi connectivity index (χ4v) is 6.23. The molecule has 1 aliphatic rings. The van der Waals surface area contributed by atoms with Crippen LogP contribution < -0.4 is 5.32 Å². The molecule has 2 nitrogen and oxygen atoms in total. The summed E-state index contributed by atoms with van der Waals surface area (Å²) in [5.74, 6) is 3.61. The summed E-state index contributed by atoms with van der Waals surface area (Å²) < 4.78 is 6.14. The van der Waals surface area contributed by atoms with Gasteiger partial charge >= 0.3 is 0 Å². The Morgan fingerprint density at radius 1 is 1.24 bits per heavy atom. The van der Waals surface area contributed by atoms with Crippen LogP contribution in [0.2, 0.25) is 0 Å². The van der Waals surface area contributed by atoms with Gasteiger partial charge in [0.15, 0.2) is 0 Å². The van der Waals surface area contributed by atoms with Gasteiger partial charge in [0, 0.05) is 27.4 Å². The average Bonchev–Trinajstić information content (AvgIpc) is 2.96. The fraction of sp³-hybridized carbons (Fsp3) is 0.529. The van der Waals surface area contributed by atoms with Crippen LogP contribution in [0.15, 0.2) is 34.7 Å². The Bertz CT molecular complexity index is 550. The number of nitrogens with one attached hydrogen (secondary N) is 1. The Kier molecular flexibility index (Phi) is 5.19. The van der Waals surface area contributed by atoms with Crippen molar-refractivity contribution in [3.63, 3.8) is 0 Å². The smallest absolute Gasteiger partial charge is 0.134 e. The summed E-state index contributed by atoms with van der Waals surface area (Å²) in [6, 6.07) is 10.8. The van der Waals surface area contributed by atoms with Gasteiger partial charge < -0.3 is 9.73 Å². The van der Waals surface area contributed by atoms with Crippen molar-refractivity contribution < 1.29 is 4.42 Å². The Hall–Kier alpha value is -0.580. The van der Waals surface area contributed by atoms with E-state index >= 15 is 0 Å². The monoisotopic (exact) mass is 321 g/mol. The molecule has 0 amide bonds. The van der Waals surface area contributed by atoms with Crippen LogP contribution in [0.25, 0.3) is 11.0 Å². The molecule has 21 heavy (non-hydrogen) atoms. The minimum absolute atomic E-state index is 0.310. The van der Waals surface area contributed by atoms with Crippen molar-refractivity contribution >= 4 is 34.5 Å². The van der Waals surface area contributed by atoms with Crippen molar-refractivity contribution in [2.75, 3.05) is 18.1 Å². The lowest BCUT2D eigenvalue weighted by Gasteiger charge is -2.35. The van der Waals surface area contributed by atoms with Crippen LogP contribution in [0.1, 0.15) is 32.1 Å². The van der Waals surface area contributed by atoms with E-state index in [9.17, 15) is 0 Å². The van der Waals surface area contributed by atoms with Gasteiger partial charge in [-0.15, -0.1) is 0 Å². The molecule has 1 saturated heterocycles. The zero-order chi connectivity index (χ0) is 14.7. The summed E-state index contributed by atoms with van der Waals surface area (Å²) in [5, 5.41) is 6.17. The molecule has 0 bridgehead atoms. The number of hydrogen-bond acceptors (Lipinski definition) is 4. The van der Waals surface area contributed by atoms with Crippen LogP contribution in [0.4, 0.5) is 0 Å². The lowest BCUT2D eigenvalue weighted by atomic mass is 10.1. The first kappa shape index (κ1) is 15.3. The van der Waals surface area contributed by atoms with Crippen LogP contribution in [0.5, 0.6) is 0 Å². The predicted molar refractivity (Wildman–Crippen MR) is 95.4 cm³/mol. The zero-order valence-electron chi connectivity index (χ0n) is 12.7. The van der Waals surface area contributed by atoms with Crippen LogP contribution in [-0.4, -0.2) is 28.6 Å². The molecule has 0 saturated carbocycles. The normalized spacial score (nSPS) is 24.3. The van der Waals surface area contributed by atoms with Crippen LogP contribution in [-0.2, 0) is 0 Å². The van der Waals surface area contributed by atoms with Gasteiger partial charge in [0.05, 0.1) is 6.04 Å². The Labute approximate surface area is 135 Å². The standard InChI is InChI=1S/C17H23NOS2/c1-3-15-17(21-10-9-20-15)16(18-4-2)14-11-12-7-5-6-8-13(12)19-14/h5-8,11,15-18H,3-4,9-10H2,1-2H3. The third-order valence-electron chi connectivity index (χ3n) is 4.00. The number of fused-ring (bicyclic) bond motifs is 1. The predicted octanol–water partition coefficient (Wildman–Crippen LogP) is 4.71. The molecule has 4 heteroatoms. The SMILES string of the molecule is CCNC(c1cc2ccccc2o1)C1SCCSC1CC. The first-order chi connectivity index (χ1) is 10.3. The molecule has 1 N–H and O–H groups in total. The average molecular weight is 322 g/mol. The Morgan fingerprint density at radius 3 is 2.81 bits per heavy atom. The van der Waals surface area contributed by atoms with Crippen molar-refractivity contribution in [1.82, 2.24) is 5.32 Å². The highest BCUT2D eigenvalue weighted by Gasteiger charge is 2.34. The van der Waals surface area contributed by atoms with Gasteiger partial charge in [0.1, 0.15) is 11.3 Å². The second-order valence-corrected chi connectivity index (χ2v) is 8.01. The summed E-state index contributed by atoms with van der Waals surface area (Å²) in [6.07, 6.45) is 1.23. The van der Waals surface area contributed by atoms with E-state index in [1.807, 2.05) is 6.07 Å². The molecule has 0 aliphatic carbocycles. The van der Waals surface area contributed by atoms with E-state index in [1.54, 1.807) is 0 Å². The highest BCUT2D eigenvalue weighted by molar-refractivity contribution is 8.07. The van der Waals surface area contributed by atoms with E-state index < -0.39 is 0 Å². The highest BCUT2D eigenvalue weighted by atomic mass is 32.2. The minimum atomic E-state index is 0.310. The Morgan fingerprint density at radius 2 is 2.05 bits per heavy atom. The summed E-state index contributed by atoms with van der Waals surface area (Å²) in [7, 11) is 0. The van der Waals surface area contributed by atoms with Gasteiger partial charge in [0.25, 0.3) is 0 Å². The minimum Gasteiger partial charge on any atom is -0.459 e. The largest absolute Gasteiger partial charge is 0.459 e. The van der Waals surface area contributed by atoms with Crippen LogP contribution in [0.3, 0.4) is 0 Å². The van der Waals surface area contributed by atoms with E-state index in [0.29, 0.717) is 16.5 Å². The molecule has 3 atom stereocenters. The van der Waals surface area contributed by atoms with E-state index in [-0.39, 0.29) is 0 Å². The van der Waals surface area contributed by atoms with Gasteiger partial charge in [-0.3, -0.25) is 0 Å². The molecule has 0 radical (unpaired) electrons. The molecule has 1 fully saturated rings. The lowest BCUT2D eigenvalue weighted by molar-refractivity contribution is 0.419. The topological polar surface area (TPSA) is 25.2 Å². The molecule has 1 aromatic heterocycles. The third-order valence-corrected chi connectivity index (χ3v) is 7.35. The lowest BCUT2D eigenvalue weighted by Crippen LogP contribution is -2.38. The van der Waals surface area contributed by atoms with Crippen LogP contribution >= 0.6 is 23.5 Å². The fourth-order valence-electron chi connectivity index (χ4n) is 3.00. The van der Waals surface area contributed by atoms with E-state index in [4.69, 9.17) is 4.42 Å². The number of benzene rings is 1. The molecule has 0 spiro atoms. The van der Waals surface area contributed by atoms with Gasteiger partial charge in [0.2, 0.25) is 0 Å². The molecular weight excluding hydrogens is 298 g/mol. The van der Waals surface area contributed by atoms with Gasteiger partial charge in [-0.2, -0.15) is 23.5 Å². The van der Waals surface area contributed by atoms with E-state index in [2.05, 4.69) is 67.0 Å². The van der Waals surface area contributed by atoms with E-state index in [1.165, 1.54) is 23.3 Å². The maximum Gasteiger partial charge on any atom is 0.134 e. The second kappa shape index (κ2) is 7.12. The summed E-state index contributed by atoms with van der Waals surface area (Å²) in [5.41, 5.74) is 0.997. The second-order valence-electron chi connectivity index (χ2n) is 5.37. The summed E-state index contributed by atoms with van der Waals surface area (Å²) >= 11 is 4.23. The molecular formula is C17H23NOS2. The molecule has 3 rings (SSSR count). The van der Waals surface area contributed by atoms with Gasteiger partial charge in [-0.05, 0) is 25.1 Å². The van der Waals surface area contributed by atoms with Crippen molar-refractivity contribution in [3.05, 3.63) is 36.1 Å². The maximum atomic E-state index is 6.14. The summed E-state index contributed by atoms with van der Waals surface area (Å²) in [4.78, 5) is 0. The van der Waals surface area contributed by atoms with Crippen molar-refractivity contribution in [2.45, 2.75) is 36.8 Å². The molecule has 2 aromatic rings. The first-order valence-electron chi connectivity index (χ1n) is 7.78. The number of furan rings is 1. The Balaban J connectivity index is 1.92. The maximum absolute atomic E-state index is 6.14. The van der Waals surface area contributed by atoms with Gasteiger partial charge in [-0.25, -0.2) is 0 Å². The van der Waals surface area contributed by atoms with E-state index in [0.717, 1.165) is 17.9 Å². The van der Waals surface area contributed by atoms with Crippen molar-refractivity contribution in [1.29, 1.82) is 0 Å². The zero-order valence-corrected chi connectivity index (χ0v) is 14.3. The molecule has 3 unspecified atom stereocenters. The number of rotatable bonds is 5. The number of thioether (sulfide) groups is 2. The summed E-state index contributed by atoms with van der Waals surface area (Å²) in [6.45, 7) is 5.45. The first-order valence-corrected chi connectivity index (χ1v) is 9.88. The highest BCUT2D eigenvalue weighted by Crippen LogP contribution is 2.41. The van der Waals surface area contributed by atoms with Crippen molar-refractivity contribution in [2.24, 2.45) is 0 Å². The number of para-hydroxylation sites is 1. The van der Waals surface area contributed by atoms with Crippen LogP contribution in [0, 0.1) is 0 Å². The number of hydrogen-bond donors (Lipinski definition) is 1. The molecule has 1 aromatic carbocycles. The molecule has 2 heterocycles. The molecule has 1 aliphatic heterocycles. The third kappa shape index (κ3) is 3.27. The van der Waals surface area contributed by atoms with Crippen molar-refractivity contribution in [3.8, 4) is 0 Å².